The first-order valence-corrected chi connectivity index (χ1v) is 17.2. The second kappa shape index (κ2) is 10.8. The zero-order valence-electron chi connectivity index (χ0n) is 26.8. The average Bonchev–Trinajstić information content (AvgIpc) is 3.29. The molecule has 0 atom stereocenters. The van der Waals surface area contributed by atoms with Gasteiger partial charge in [-0.15, -0.1) is 0 Å². The summed E-state index contributed by atoms with van der Waals surface area (Å²) in [4.78, 5) is 2.90. The molecule has 5 rings (SSSR count). The van der Waals surface area contributed by atoms with Gasteiger partial charge in [-0.2, -0.15) is 4.58 Å². The standard InChI is InChI=1S/C37H47N2O2S/c1-25(2)38-31-19-12-10-17-29(31)36(5,6)33(38)23-21-27-15-14-16-28(35(27)42(9,40)41)22-24-34-37(7,8)30-18-11-13-20-32(30)39(34)26(3)4/h10-13,17-26H,14-16H2,1-9H3/q+1. The van der Waals surface area contributed by atoms with E-state index in [1.165, 1.54) is 40.2 Å². The number of hydrogen-bond donors (Lipinski definition) is 0. The smallest absolute Gasteiger partial charge is 0.209 e. The summed E-state index contributed by atoms with van der Waals surface area (Å²) in [7, 11) is -3.45. The van der Waals surface area contributed by atoms with Crippen LogP contribution in [-0.2, 0) is 20.7 Å². The maximum absolute atomic E-state index is 13.4. The number of nitrogens with zero attached hydrogens (tertiary/aromatic N) is 2. The van der Waals surface area contributed by atoms with Crippen molar-refractivity contribution >= 4 is 26.9 Å². The molecule has 0 unspecified atom stereocenters. The Hall–Kier alpha value is -3.18. The average molecular weight is 584 g/mol. The third-order valence-electron chi connectivity index (χ3n) is 9.24. The fourth-order valence-electron chi connectivity index (χ4n) is 7.31. The van der Waals surface area contributed by atoms with E-state index < -0.39 is 9.84 Å². The van der Waals surface area contributed by atoms with Gasteiger partial charge in [-0.3, -0.25) is 0 Å². The molecule has 0 radical (unpaired) electrons. The molecular weight excluding hydrogens is 536 g/mol. The Bertz CT molecular complexity index is 1680. The van der Waals surface area contributed by atoms with Gasteiger partial charge in [-0.1, -0.05) is 62.4 Å². The van der Waals surface area contributed by atoms with Gasteiger partial charge in [0.15, 0.2) is 21.6 Å². The Morgan fingerprint density at radius 3 is 2.12 bits per heavy atom. The van der Waals surface area contributed by atoms with Gasteiger partial charge in [0.05, 0.1) is 10.3 Å². The van der Waals surface area contributed by atoms with Crippen molar-refractivity contribution in [2.24, 2.45) is 0 Å². The monoisotopic (exact) mass is 583 g/mol. The van der Waals surface area contributed by atoms with Crippen LogP contribution < -0.4 is 4.90 Å². The van der Waals surface area contributed by atoms with Crippen molar-refractivity contribution in [2.45, 2.75) is 97.6 Å². The third kappa shape index (κ3) is 5.04. The normalized spacial score (nSPS) is 21.9. The lowest BCUT2D eigenvalue weighted by atomic mass is 9.81. The maximum Gasteiger partial charge on any atom is 0.209 e. The first-order valence-electron chi connectivity index (χ1n) is 15.3. The molecule has 3 aliphatic rings. The van der Waals surface area contributed by atoms with Crippen LogP contribution in [0.4, 0.5) is 11.4 Å². The molecule has 2 aromatic rings. The highest BCUT2D eigenvalue weighted by Gasteiger charge is 2.45. The Morgan fingerprint density at radius 1 is 0.833 bits per heavy atom. The van der Waals surface area contributed by atoms with E-state index in [9.17, 15) is 8.42 Å². The highest BCUT2D eigenvalue weighted by Crippen LogP contribution is 2.49. The summed E-state index contributed by atoms with van der Waals surface area (Å²) >= 11 is 0. The van der Waals surface area contributed by atoms with E-state index >= 15 is 0 Å². The van der Waals surface area contributed by atoms with Crippen LogP contribution >= 0.6 is 0 Å². The fourth-order valence-corrected chi connectivity index (χ4v) is 8.60. The molecule has 2 aromatic carbocycles. The van der Waals surface area contributed by atoms with Crippen LogP contribution in [0.25, 0.3) is 0 Å². The zero-order valence-corrected chi connectivity index (χ0v) is 27.6. The molecule has 2 heterocycles. The van der Waals surface area contributed by atoms with Crippen molar-refractivity contribution in [3.63, 3.8) is 0 Å². The van der Waals surface area contributed by atoms with Gasteiger partial charge in [0.25, 0.3) is 0 Å². The minimum absolute atomic E-state index is 0.176. The van der Waals surface area contributed by atoms with Gasteiger partial charge in [0.1, 0.15) is 0 Å². The molecule has 5 heteroatoms. The minimum Gasteiger partial charge on any atom is -0.341 e. The van der Waals surface area contributed by atoms with Crippen LogP contribution in [0.5, 0.6) is 0 Å². The van der Waals surface area contributed by atoms with Crippen LogP contribution in [-0.4, -0.2) is 37.0 Å². The molecule has 2 aliphatic heterocycles. The lowest BCUT2D eigenvalue weighted by Crippen LogP contribution is -2.31. The summed E-state index contributed by atoms with van der Waals surface area (Å²) in [6.07, 6.45) is 12.3. The van der Waals surface area contributed by atoms with Crippen molar-refractivity contribution in [3.8, 4) is 0 Å². The summed E-state index contributed by atoms with van der Waals surface area (Å²) in [5.41, 5.74) is 8.96. The number of benzene rings is 2. The third-order valence-corrected chi connectivity index (χ3v) is 10.5. The van der Waals surface area contributed by atoms with Gasteiger partial charge in [-0.05, 0) is 89.7 Å². The first kappa shape index (κ1) is 30.3. The molecule has 0 aromatic heterocycles. The van der Waals surface area contributed by atoms with E-state index in [2.05, 4.69) is 138 Å². The van der Waals surface area contributed by atoms with Crippen molar-refractivity contribution in [2.75, 3.05) is 11.2 Å². The second-order valence-electron chi connectivity index (χ2n) is 13.7. The Morgan fingerprint density at radius 2 is 1.48 bits per heavy atom. The number of rotatable bonds is 6. The van der Waals surface area contributed by atoms with Gasteiger partial charge in [-0.25, -0.2) is 8.42 Å². The SMILES string of the molecule is CC(C)N1/C(=C/C=C2\CCCC(/C=C/C3=[N+](C(C)C)c4ccccc4C3(C)C)=C2S(C)(=O)=O)C(C)(C)c2ccccc21. The largest absolute Gasteiger partial charge is 0.341 e. The summed E-state index contributed by atoms with van der Waals surface area (Å²) in [6.45, 7) is 17.9. The maximum atomic E-state index is 13.4. The van der Waals surface area contributed by atoms with Gasteiger partial charge in [0.2, 0.25) is 5.69 Å². The predicted molar refractivity (Wildman–Crippen MR) is 178 cm³/mol. The number of hydrogen-bond acceptors (Lipinski definition) is 3. The number of para-hydroxylation sites is 2. The summed E-state index contributed by atoms with van der Waals surface area (Å²) in [5.74, 6) is 0. The topological polar surface area (TPSA) is 40.4 Å². The van der Waals surface area contributed by atoms with E-state index in [4.69, 9.17) is 0 Å². The van der Waals surface area contributed by atoms with Crippen molar-refractivity contribution in [1.29, 1.82) is 0 Å². The molecule has 0 saturated heterocycles. The molecular formula is C37H47N2O2S+. The lowest BCUT2D eigenvalue weighted by molar-refractivity contribution is -0.472. The molecule has 4 nitrogen and oxygen atoms in total. The van der Waals surface area contributed by atoms with E-state index in [-0.39, 0.29) is 22.9 Å². The quantitative estimate of drug-likeness (QED) is 0.320. The molecule has 222 valence electrons. The van der Waals surface area contributed by atoms with Crippen LogP contribution in [0.15, 0.2) is 94.6 Å². The van der Waals surface area contributed by atoms with E-state index in [0.29, 0.717) is 4.91 Å². The molecule has 0 bridgehead atoms. The second-order valence-corrected chi connectivity index (χ2v) is 15.6. The first-order chi connectivity index (χ1) is 19.7. The van der Waals surface area contributed by atoms with Gasteiger partial charge in [0, 0.05) is 46.8 Å². The van der Waals surface area contributed by atoms with Crippen LogP contribution in [0.3, 0.4) is 0 Å². The molecule has 42 heavy (non-hydrogen) atoms. The highest BCUT2D eigenvalue weighted by atomic mass is 32.2. The van der Waals surface area contributed by atoms with Crippen LogP contribution in [0, 0.1) is 0 Å². The predicted octanol–water partition coefficient (Wildman–Crippen LogP) is 8.53. The molecule has 0 fully saturated rings. The number of allylic oxidation sites excluding steroid dienone is 7. The van der Waals surface area contributed by atoms with E-state index in [0.717, 1.165) is 30.4 Å². The lowest BCUT2D eigenvalue weighted by Gasteiger charge is -2.30. The van der Waals surface area contributed by atoms with Gasteiger partial charge >= 0.3 is 0 Å². The Labute approximate surface area is 253 Å². The summed E-state index contributed by atoms with van der Waals surface area (Å²) < 4.78 is 29.2. The zero-order chi connectivity index (χ0) is 30.6. The van der Waals surface area contributed by atoms with Crippen molar-refractivity contribution < 1.29 is 13.0 Å². The highest BCUT2D eigenvalue weighted by molar-refractivity contribution is 7.94. The summed E-state index contributed by atoms with van der Waals surface area (Å²) in [6, 6.07) is 17.8. The molecule has 0 N–H and O–H groups in total. The number of anilines is 1. The molecule has 0 amide bonds. The van der Waals surface area contributed by atoms with E-state index in [1.807, 2.05) is 0 Å². The Balaban J connectivity index is 1.62. The van der Waals surface area contributed by atoms with Gasteiger partial charge < -0.3 is 4.90 Å². The van der Waals surface area contributed by atoms with Crippen molar-refractivity contribution in [1.82, 2.24) is 0 Å². The summed E-state index contributed by atoms with van der Waals surface area (Å²) in [5, 5.41) is 0. The number of fused-ring (bicyclic) bond motifs is 2. The van der Waals surface area contributed by atoms with Crippen LogP contribution in [0.2, 0.25) is 0 Å². The van der Waals surface area contributed by atoms with Crippen LogP contribution in [0.1, 0.15) is 85.8 Å². The molecule has 0 spiro atoms. The molecule has 1 aliphatic carbocycles. The minimum atomic E-state index is -3.45. The van der Waals surface area contributed by atoms with E-state index in [1.54, 1.807) is 0 Å². The molecule has 0 saturated carbocycles. The fraction of sp³-hybridized carbons (Fsp3) is 0.432. The number of sulfone groups is 1. The van der Waals surface area contributed by atoms with Crippen molar-refractivity contribution in [3.05, 3.63) is 106 Å². The Kier molecular flexibility index (Phi) is 7.81.